The lowest BCUT2D eigenvalue weighted by molar-refractivity contribution is 0.0707. The fourth-order valence-electron chi connectivity index (χ4n) is 2.46. The lowest BCUT2D eigenvalue weighted by Gasteiger charge is -2.32. The fraction of sp³-hybridized carbons (Fsp3) is 0.533. The van der Waals surface area contributed by atoms with Crippen LogP contribution in [0, 0.1) is 0 Å². The molecular weight excluding hydrogens is 238 g/mol. The van der Waals surface area contributed by atoms with Crippen molar-refractivity contribution in [3.05, 3.63) is 29.8 Å². The second-order valence-electron chi connectivity index (χ2n) is 5.30. The number of hydrogen-bond acceptors (Lipinski definition) is 3. The first-order chi connectivity index (χ1) is 9.11. The Morgan fingerprint density at radius 1 is 1.21 bits per heavy atom. The standard InChI is InChI=1S/C15H23N3O/c1-16-13-8-10-18(11-9-13)15(19)12-4-6-14(7-5-12)17(2)3/h4-7,13,16H,8-11H2,1-3H3. The minimum atomic E-state index is 0.153. The van der Waals surface area contributed by atoms with Crippen LogP contribution in [-0.2, 0) is 0 Å². The summed E-state index contributed by atoms with van der Waals surface area (Å²) in [4.78, 5) is 16.4. The van der Waals surface area contributed by atoms with E-state index in [9.17, 15) is 4.79 Å². The zero-order valence-electron chi connectivity index (χ0n) is 12.0. The molecule has 0 atom stereocenters. The van der Waals surface area contributed by atoms with Crippen LogP contribution in [0.2, 0.25) is 0 Å². The number of carbonyl (C=O) groups is 1. The predicted molar refractivity (Wildman–Crippen MR) is 78.8 cm³/mol. The molecule has 1 aliphatic rings. The topological polar surface area (TPSA) is 35.6 Å². The molecule has 4 nitrogen and oxygen atoms in total. The third-order valence-electron chi connectivity index (χ3n) is 3.82. The quantitative estimate of drug-likeness (QED) is 0.897. The highest BCUT2D eigenvalue weighted by Crippen LogP contribution is 2.16. The lowest BCUT2D eigenvalue weighted by atomic mass is 10.0. The Morgan fingerprint density at radius 3 is 2.26 bits per heavy atom. The van der Waals surface area contributed by atoms with E-state index < -0.39 is 0 Å². The summed E-state index contributed by atoms with van der Waals surface area (Å²) in [5.41, 5.74) is 1.90. The molecule has 1 heterocycles. The summed E-state index contributed by atoms with van der Waals surface area (Å²) in [5, 5.41) is 3.28. The van der Waals surface area contributed by atoms with Crippen molar-refractivity contribution in [1.29, 1.82) is 0 Å². The number of hydrogen-bond donors (Lipinski definition) is 1. The molecule has 1 aromatic rings. The summed E-state index contributed by atoms with van der Waals surface area (Å²) in [6.07, 6.45) is 2.08. The van der Waals surface area contributed by atoms with Crippen LogP contribution in [-0.4, -0.2) is 51.1 Å². The van der Waals surface area contributed by atoms with Gasteiger partial charge in [0, 0.05) is 44.5 Å². The van der Waals surface area contributed by atoms with Gasteiger partial charge in [0.2, 0.25) is 0 Å². The minimum Gasteiger partial charge on any atom is -0.378 e. The van der Waals surface area contributed by atoms with E-state index >= 15 is 0 Å². The number of benzene rings is 1. The van der Waals surface area contributed by atoms with E-state index in [-0.39, 0.29) is 5.91 Å². The monoisotopic (exact) mass is 261 g/mol. The van der Waals surface area contributed by atoms with Gasteiger partial charge < -0.3 is 15.1 Å². The smallest absolute Gasteiger partial charge is 0.253 e. The van der Waals surface area contributed by atoms with Gasteiger partial charge in [0.25, 0.3) is 5.91 Å². The van der Waals surface area contributed by atoms with Gasteiger partial charge in [-0.3, -0.25) is 4.79 Å². The maximum atomic E-state index is 12.4. The summed E-state index contributed by atoms with van der Waals surface area (Å²) in [5.74, 6) is 0.153. The average molecular weight is 261 g/mol. The Morgan fingerprint density at radius 2 is 1.79 bits per heavy atom. The van der Waals surface area contributed by atoms with Gasteiger partial charge in [-0.1, -0.05) is 0 Å². The molecule has 1 aromatic carbocycles. The molecular formula is C15H23N3O. The molecule has 0 saturated carbocycles. The van der Waals surface area contributed by atoms with E-state index in [2.05, 4.69) is 5.32 Å². The number of anilines is 1. The molecule has 0 aliphatic carbocycles. The van der Waals surface area contributed by atoms with E-state index in [1.807, 2.05) is 55.2 Å². The van der Waals surface area contributed by atoms with Crippen LogP contribution < -0.4 is 10.2 Å². The van der Waals surface area contributed by atoms with Crippen molar-refractivity contribution in [1.82, 2.24) is 10.2 Å². The van der Waals surface area contributed by atoms with Crippen molar-refractivity contribution in [2.45, 2.75) is 18.9 Å². The highest BCUT2D eigenvalue weighted by Gasteiger charge is 2.22. The molecule has 104 valence electrons. The number of nitrogens with zero attached hydrogens (tertiary/aromatic N) is 2. The van der Waals surface area contributed by atoms with Gasteiger partial charge in [-0.25, -0.2) is 0 Å². The van der Waals surface area contributed by atoms with Gasteiger partial charge in [0.15, 0.2) is 0 Å². The number of likely N-dealkylation sites (tertiary alicyclic amines) is 1. The normalized spacial score (nSPS) is 16.5. The van der Waals surface area contributed by atoms with E-state index in [0.29, 0.717) is 6.04 Å². The van der Waals surface area contributed by atoms with Crippen molar-refractivity contribution in [2.75, 3.05) is 39.1 Å². The van der Waals surface area contributed by atoms with E-state index in [1.54, 1.807) is 0 Å². The molecule has 1 amide bonds. The van der Waals surface area contributed by atoms with Crippen LogP contribution in [0.1, 0.15) is 23.2 Å². The number of nitrogens with one attached hydrogen (secondary N) is 1. The third-order valence-corrected chi connectivity index (χ3v) is 3.82. The Hall–Kier alpha value is -1.55. The van der Waals surface area contributed by atoms with E-state index in [0.717, 1.165) is 37.2 Å². The second kappa shape index (κ2) is 6.06. The summed E-state index contributed by atoms with van der Waals surface area (Å²) in [7, 11) is 5.99. The van der Waals surface area contributed by atoms with Gasteiger partial charge >= 0.3 is 0 Å². The predicted octanol–water partition coefficient (Wildman–Crippen LogP) is 1.58. The Kier molecular flexibility index (Phi) is 4.43. The molecule has 19 heavy (non-hydrogen) atoms. The molecule has 1 fully saturated rings. The first-order valence-electron chi connectivity index (χ1n) is 6.85. The van der Waals surface area contributed by atoms with Crippen LogP contribution in [0.5, 0.6) is 0 Å². The molecule has 0 unspecified atom stereocenters. The van der Waals surface area contributed by atoms with Gasteiger partial charge in [-0.05, 0) is 44.2 Å². The third kappa shape index (κ3) is 3.26. The number of carbonyl (C=O) groups excluding carboxylic acids is 1. The highest BCUT2D eigenvalue weighted by atomic mass is 16.2. The van der Waals surface area contributed by atoms with Crippen molar-refractivity contribution in [3.8, 4) is 0 Å². The molecule has 1 N–H and O–H groups in total. The SMILES string of the molecule is CNC1CCN(C(=O)c2ccc(N(C)C)cc2)CC1. The Labute approximate surface area is 115 Å². The molecule has 0 radical (unpaired) electrons. The highest BCUT2D eigenvalue weighted by molar-refractivity contribution is 5.94. The van der Waals surface area contributed by atoms with Gasteiger partial charge in [0.05, 0.1) is 0 Å². The van der Waals surface area contributed by atoms with Gasteiger partial charge in [-0.15, -0.1) is 0 Å². The van der Waals surface area contributed by atoms with Crippen LogP contribution in [0.4, 0.5) is 5.69 Å². The van der Waals surface area contributed by atoms with Gasteiger partial charge in [0.1, 0.15) is 0 Å². The van der Waals surface area contributed by atoms with Crippen molar-refractivity contribution in [2.24, 2.45) is 0 Å². The molecule has 0 bridgehead atoms. The minimum absolute atomic E-state index is 0.153. The summed E-state index contributed by atoms with van der Waals surface area (Å²) in [6.45, 7) is 1.69. The van der Waals surface area contributed by atoms with Gasteiger partial charge in [-0.2, -0.15) is 0 Å². The largest absolute Gasteiger partial charge is 0.378 e. The second-order valence-corrected chi connectivity index (χ2v) is 5.30. The van der Waals surface area contributed by atoms with E-state index in [4.69, 9.17) is 0 Å². The van der Waals surface area contributed by atoms with Crippen LogP contribution in [0.25, 0.3) is 0 Å². The fourth-order valence-corrected chi connectivity index (χ4v) is 2.46. The van der Waals surface area contributed by atoms with Crippen molar-refractivity contribution in [3.63, 3.8) is 0 Å². The maximum Gasteiger partial charge on any atom is 0.253 e. The van der Waals surface area contributed by atoms with Crippen molar-refractivity contribution < 1.29 is 4.79 Å². The van der Waals surface area contributed by atoms with Crippen LogP contribution in [0.15, 0.2) is 24.3 Å². The van der Waals surface area contributed by atoms with E-state index in [1.165, 1.54) is 0 Å². The average Bonchev–Trinajstić information content (AvgIpc) is 2.46. The number of amides is 1. The summed E-state index contributed by atoms with van der Waals surface area (Å²) < 4.78 is 0. The van der Waals surface area contributed by atoms with Crippen LogP contribution in [0.3, 0.4) is 0 Å². The molecule has 0 spiro atoms. The summed E-state index contributed by atoms with van der Waals surface area (Å²) in [6, 6.07) is 8.38. The van der Waals surface area contributed by atoms with Crippen molar-refractivity contribution >= 4 is 11.6 Å². The Bertz CT molecular complexity index is 420. The molecule has 1 saturated heterocycles. The number of rotatable bonds is 3. The maximum absolute atomic E-state index is 12.4. The Balaban J connectivity index is 2.00. The zero-order valence-corrected chi connectivity index (χ0v) is 12.0. The molecule has 2 rings (SSSR count). The summed E-state index contributed by atoms with van der Waals surface area (Å²) >= 11 is 0. The lowest BCUT2D eigenvalue weighted by Crippen LogP contribution is -2.43. The first-order valence-corrected chi connectivity index (χ1v) is 6.85. The first kappa shape index (κ1) is 13.9. The van der Waals surface area contributed by atoms with Crippen LogP contribution >= 0.6 is 0 Å². The zero-order chi connectivity index (χ0) is 13.8. The molecule has 4 heteroatoms. The number of piperidine rings is 1. The molecule has 1 aliphatic heterocycles. The molecule has 0 aromatic heterocycles.